The van der Waals surface area contributed by atoms with Gasteiger partial charge in [-0.2, -0.15) is 9.78 Å². The summed E-state index contributed by atoms with van der Waals surface area (Å²) in [7, 11) is 2.29. The van der Waals surface area contributed by atoms with Crippen molar-refractivity contribution in [3.05, 3.63) is 17.5 Å². The van der Waals surface area contributed by atoms with Crippen LogP contribution in [0.5, 0.6) is 5.88 Å². The molecule has 0 saturated carbocycles. The van der Waals surface area contributed by atoms with E-state index in [1.165, 1.54) is 10.8 Å². The van der Waals surface area contributed by atoms with Gasteiger partial charge < -0.3 is 14.6 Å². The lowest BCUT2D eigenvalue weighted by Crippen LogP contribution is -2.28. The molecule has 11 heteroatoms. The molecule has 0 bridgehead atoms. The molecule has 1 unspecified atom stereocenters. The Labute approximate surface area is 124 Å². The summed E-state index contributed by atoms with van der Waals surface area (Å²) in [4.78, 5) is 15.6. The van der Waals surface area contributed by atoms with Gasteiger partial charge in [-0.25, -0.2) is 0 Å². The van der Waals surface area contributed by atoms with Gasteiger partial charge in [0.05, 0.1) is 18.5 Å². The van der Waals surface area contributed by atoms with Crippen LogP contribution in [0.2, 0.25) is 0 Å². The van der Waals surface area contributed by atoms with Crippen LogP contribution in [-0.2, 0) is 11.3 Å². The normalized spacial score (nSPS) is 11.8. The Hall–Kier alpha value is -2.27. The number of ether oxygens (including phenoxy) is 1. The van der Waals surface area contributed by atoms with Crippen molar-refractivity contribution in [2.24, 2.45) is 0 Å². The summed E-state index contributed by atoms with van der Waals surface area (Å²) >= 11 is 0. The maximum absolute atomic E-state index is 10.4. The minimum absolute atomic E-state index is 0.347. The van der Waals surface area contributed by atoms with Gasteiger partial charge in [0, 0.05) is 6.07 Å². The summed E-state index contributed by atoms with van der Waals surface area (Å²) in [5, 5.41) is 25.0. The van der Waals surface area contributed by atoms with E-state index in [2.05, 4.69) is 24.8 Å². The molecular formula is C10H8N6O3S2. The third-order valence-electron chi connectivity index (χ3n) is 2.36. The lowest BCUT2D eigenvalue weighted by atomic mass is 10.4. The number of hydrogen-bond donors (Lipinski definition) is 0. The van der Waals surface area contributed by atoms with Gasteiger partial charge in [-0.1, -0.05) is 5.10 Å². The van der Waals surface area contributed by atoms with Gasteiger partial charge in [-0.05, 0) is 15.7 Å². The number of carboxylic acid groups (broad SMARTS) is 1. The number of hydrogen-bond acceptors (Lipinski definition) is 9. The van der Waals surface area contributed by atoms with Crippen LogP contribution in [0, 0.1) is 0 Å². The molecule has 108 valence electrons. The van der Waals surface area contributed by atoms with Crippen LogP contribution in [0.3, 0.4) is 0 Å². The highest BCUT2D eigenvalue weighted by Crippen LogP contribution is 2.37. The second kappa shape index (κ2) is 5.61. The number of fused-ring (bicyclic) bond motifs is 1. The first-order chi connectivity index (χ1) is 10.1. The van der Waals surface area contributed by atoms with Gasteiger partial charge in [-0.3, -0.25) is 0 Å². The Morgan fingerprint density at radius 1 is 1.52 bits per heavy atom. The average Bonchev–Trinajstić information content (AvgIpc) is 3.03. The summed E-state index contributed by atoms with van der Waals surface area (Å²) in [6.45, 7) is -0.429. The third-order valence-corrected chi connectivity index (χ3v) is 5.12. The SMILES string of the molecule is COc1ccc2c[s+](Sc3nnn(CC(=O)[O-])n3)nc2n1. The Morgan fingerprint density at radius 3 is 3.14 bits per heavy atom. The quantitative estimate of drug-likeness (QED) is 0.459. The zero-order valence-corrected chi connectivity index (χ0v) is 12.3. The molecule has 9 nitrogen and oxygen atoms in total. The molecule has 1 atom stereocenters. The molecule has 3 aromatic heterocycles. The number of methoxy groups -OCH3 is 1. The minimum Gasteiger partial charge on any atom is -0.548 e. The number of carboxylic acids is 1. The summed E-state index contributed by atoms with van der Waals surface area (Å²) in [5.74, 6) is -0.772. The maximum Gasteiger partial charge on any atom is 0.289 e. The number of aromatic nitrogens is 6. The van der Waals surface area contributed by atoms with Crippen molar-refractivity contribution in [1.82, 2.24) is 29.6 Å². The van der Waals surface area contributed by atoms with Crippen molar-refractivity contribution in [1.29, 1.82) is 0 Å². The number of nitrogens with zero attached hydrogens (tertiary/aromatic N) is 6. The lowest BCUT2D eigenvalue weighted by molar-refractivity contribution is -0.307. The van der Waals surface area contributed by atoms with E-state index in [1.54, 1.807) is 13.2 Å². The number of carbonyl (C=O) groups is 1. The molecule has 0 aliphatic heterocycles. The molecule has 3 aromatic rings. The predicted molar refractivity (Wildman–Crippen MR) is 72.6 cm³/mol. The Balaban J connectivity index is 1.81. The highest BCUT2D eigenvalue weighted by Gasteiger charge is 2.20. The molecule has 0 aromatic carbocycles. The standard InChI is InChI=1S/C10H8N6O3S2/c1-19-7-3-2-6-5-21(14-9(6)11-7)20-10-12-15-16(13-10)4-8(17)18/h2-3,5H,4H2,1H3. The molecule has 0 amide bonds. The zero-order chi connectivity index (χ0) is 14.8. The third kappa shape index (κ3) is 3.08. The van der Waals surface area contributed by atoms with Crippen molar-refractivity contribution < 1.29 is 14.6 Å². The fourth-order valence-corrected chi connectivity index (χ4v) is 4.15. The molecule has 3 heterocycles. The number of carbonyl (C=O) groups excluding carboxylic acids is 1. The van der Waals surface area contributed by atoms with Crippen LogP contribution in [0.1, 0.15) is 0 Å². The average molecular weight is 324 g/mol. The Bertz CT molecular complexity index is 801. The van der Waals surface area contributed by atoms with E-state index in [1.807, 2.05) is 11.4 Å². The molecular weight excluding hydrogens is 316 g/mol. The number of rotatable bonds is 5. The number of tetrazole rings is 1. The summed E-state index contributed by atoms with van der Waals surface area (Å²) in [6, 6.07) is 3.63. The monoisotopic (exact) mass is 324 g/mol. The highest BCUT2D eigenvalue weighted by molar-refractivity contribution is 8.44. The molecule has 21 heavy (non-hydrogen) atoms. The van der Waals surface area contributed by atoms with Crippen molar-refractivity contribution in [3.8, 4) is 5.88 Å². The largest absolute Gasteiger partial charge is 0.548 e. The zero-order valence-electron chi connectivity index (χ0n) is 10.7. The Morgan fingerprint density at radius 2 is 2.38 bits per heavy atom. The predicted octanol–water partition coefficient (Wildman–Crippen LogP) is -0.321. The summed E-state index contributed by atoms with van der Waals surface area (Å²) < 4.78 is 9.47. The molecule has 0 aliphatic rings. The van der Waals surface area contributed by atoms with Gasteiger partial charge in [0.2, 0.25) is 22.3 Å². The van der Waals surface area contributed by atoms with E-state index in [9.17, 15) is 9.90 Å². The van der Waals surface area contributed by atoms with E-state index >= 15 is 0 Å². The van der Waals surface area contributed by atoms with Crippen LogP contribution in [-0.4, -0.2) is 42.6 Å². The Kier molecular flexibility index (Phi) is 3.66. The summed E-state index contributed by atoms with van der Waals surface area (Å²) in [5.41, 5.74) is 0.604. The van der Waals surface area contributed by atoms with Gasteiger partial charge in [0.15, 0.2) is 15.1 Å². The number of pyridine rings is 1. The van der Waals surface area contributed by atoms with Gasteiger partial charge in [-0.15, -0.1) is 5.10 Å². The van der Waals surface area contributed by atoms with E-state index in [0.717, 1.165) is 10.2 Å². The first kappa shape index (κ1) is 13.7. The molecule has 0 aliphatic carbocycles. The molecule has 0 fully saturated rings. The molecule has 0 N–H and O–H groups in total. The van der Waals surface area contributed by atoms with Crippen molar-refractivity contribution in [2.45, 2.75) is 11.7 Å². The van der Waals surface area contributed by atoms with Crippen LogP contribution in [0.4, 0.5) is 0 Å². The minimum atomic E-state index is -1.27. The molecule has 0 saturated heterocycles. The maximum atomic E-state index is 10.4. The topological polar surface area (TPSA) is 119 Å². The first-order valence-corrected chi connectivity index (χ1v) is 8.22. The van der Waals surface area contributed by atoms with Gasteiger partial charge in [0.25, 0.3) is 5.16 Å². The van der Waals surface area contributed by atoms with Crippen LogP contribution < -0.4 is 9.84 Å². The fraction of sp³-hybridized carbons (Fsp3) is 0.200. The molecule has 3 rings (SSSR count). The molecule has 0 spiro atoms. The van der Waals surface area contributed by atoms with E-state index in [0.29, 0.717) is 16.7 Å². The van der Waals surface area contributed by atoms with Crippen molar-refractivity contribution in [2.75, 3.05) is 7.11 Å². The van der Waals surface area contributed by atoms with Gasteiger partial charge >= 0.3 is 0 Å². The summed E-state index contributed by atoms with van der Waals surface area (Å²) in [6.07, 6.45) is 0. The van der Waals surface area contributed by atoms with Crippen molar-refractivity contribution >= 4 is 37.5 Å². The van der Waals surface area contributed by atoms with Crippen molar-refractivity contribution in [3.63, 3.8) is 0 Å². The lowest BCUT2D eigenvalue weighted by Gasteiger charge is -1.96. The van der Waals surface area contributed by atoms with Crippen LogP contribution in [0.15, 0.2) is 22.7 Å². The fourth-order valence-electron chi connectivity index (χ4n) is 1.50. The van der Waals surface area contributed by atoms with E-state index < -0.39 is 22.2 Å². The second-order valence-corrected chi connectivity index (χ2v) is 6.84. The van der Waals surface area contributed by atoms with E-state index in [4.69, 9.17) is 4.74 Å². The van der Waals surface area contributed by atoms with Gasteiger partial charge in [0.1, 0.15) is 6.54 Å². The number of aliphatic carboxylic acids is 1. The highest BCUT2D eigenvalue weighted by atomic mass is 33.1. The van der Waals surface area contributed by atoms with E-state index in [-0.39, 0.29) is 0 Å². The smallest absolute Gasteiger partial charge is 0.289 e. The van der Waals surface area contributed by atoms with Crippen LogP contribution >= 0.6 is 20.5 Å². The first-order valence-electron chi connectivity index (χ1n) is 5.65. The molecule has 0 radical (unpaired) electrons. The second-order valence-electron chi connectivity index (χ2n) is 3.81. The van der Waals surface area contributed by atoms with Crippen LogP contribution in [0.25, 0.3) is 11.0 Å².